The van der Waals surface area contributed by atoms with E-state index in [-0.39, 0.29) is 58.7 Å². The van der Waals surface area contributed by atoms with Crippen LogP contribution >= 0.6 is 0 Å². The molecule has 60 valence electrons. The van der Waals surface area contributed by atoms with Gasteiger partial charge in [-0.05, 0) is 0 Å². The Balaban J connectivity index is -0.0000000133. The van der Waals surface area contributed by atoms with Crippen molar-refractivity contribution < 1.29 is 76.2 Å². The Kier molecular flexibility index (Phi) is 42.5. The Labute approximate surface area is 86.2 Å². The second-order valence-corrected chi connectivity index (χ2v) is 1.22. The fourth-order valence-corrected chi connectivity index (χ4v) is 0. The van der Waals surface area contributed by atoms with Crippen molar-refractivity contribution in [2.24, 2.45) is 0 Å². The quantitative estimate of drug-likeness (QED) is 0.251. The molecule has 0 aromatic carbocycles. The first-order valence-electron chi connectivity index (χ1n) is 0.667. The number of hydrogen-bond acceptors (Lipinski definition) is 4. The number of hydrogen-bond donors (Lipinski definition) is 0. The topological polar surface area (TPSA) is 80.3 Å². The summed E-state index contributed by atoms with van der Waals surface area (Å²) < 4.78 is 34.1. The van der Waals surface area contributed by atoms with E-state index in [1.807, 2.05) is 0 Å². The van der Waals surface area contributed by atoms with Gasteiger partial charge >= 0.3 is 33.8 Å². The Bertz CT molecular complexity index is 102. The smallest absolute Gasteiger partial charge is 1.00 e. The minimum Gasteiger partial charge on any atom is -1.00 e. The van der Waals surface area contributed by atoms with Crippen molar-refractivity contribution in [1.82, 2.24) is 0 Å². The van der Waals surface area contributed by atoms with Crippen LogP contribution in [-0.2, 0) is 44.2 Å². The molecule has 0 aliphatic rings. The van der Waals surface area contributed by atoms with Gasteiger partial charge in [0.2, 0.25) is 0 Å². The van der Waals surface area contributed by atoms with Crippen molar-refractivity contribution in [3.05, 3.63) is 0 Å². The van der Waals surface area contributed by atoms with Gasteiger partial charge in [-0.1, -0.05) is 0 Å². The summed E-state index contributed by atoms with van der Waals surface area (Å²) in [6, 6.07) is 0. The standard InChI is InChI=1S/2ClH.Co.Mn.H2O4S/c;;;;1-5(2,3)4/h2*1H;;;(H2,1,2,3,4)/q;;2*+2;/p-4. The van der Waals surface area contributed by atoms with Crippen molar-refractivity contribution >= 4 is 10.4 Å². The third-order valence-electron chi connectivity index (χ3n) is 0. The van der Waals surface area contributed by atoms with Crippen LogP contribution in [0.5, 0.6) is 0 Å². The molecule has 0 bridgehead atoms. The predicted molar refractivity (Wildman–Crippen MR) is 10.5 cm³/mol. The summed E-state index contributed by atoms with van der Waals surface area (Å²) >= 11 is 0. The van der Waals surface area contributed by atoms with Gasteiger partial charge in [0.15, 0.2) is 0 Å². The van der Waals surface area contributed by atoms with Gasteiger partial charge in [0.25, 0.3) is 0 Å². The monoisotopic (exact) mass is 280 g/mol. The molecule has 0 aromatic rings. The van der Waals surface area contributed by atoms with Crippen molar-refractivity contribution in [3.63, 3.8) is 0 Å². The summed E-state index contributed by atoms with van der Waals surface area (Å²) in [6.45, 7) is 0. The molecule has 0 heterocycles. The second-order valence-electron chi connectivity index (χ2n) is 0.408. The number of rotatable bonds is 0. The van der Waals surface area contributed by atoms with Gasteiger partial charge in [-0.2, -0.15) is 0 Å². The minimum absolute atomic E-state index is 0. The summed E-state index contributed by atoms with van der Waals surface area (Å²) in [6.07, 6.45) is 0. The molecule has 0 N–H and O–H groups in total. The van der Waals surface area contributed by atoms with Crippen molar-refractivity contribution in [1.29, 1.82) is 0 Å². The Hall–Kier alpha value is 1.48. The fourth-order valence-electron chi connectivity index (χ4n) is 0. The van der Waals surface area contributed by atoms with Crippen LogP contribution in [0, 0.1) is 0 Å². The van der Waals surface area contributed by atoms with Gasteiger partial charge in [-0.15, -0.1) is 0 Å². The number of halogens is 2. The van der Waals surface area contributed by atoms with Crippen LogP contribution in [0.25, 0.3) is 0 Å². The van der Waals surface area contributed by atoms with Crippen LogP contribution in [-0.4, -0.2) is 17.5 Å². The molecule has 2 radical (unpaired) electrons. The van der Waals surface area contributed by atoms with Gasteiger partial charge in [-0.25, -0.2) is 0 Å². The van der Waals surface area contributed by atoms with Crippen molar-refractivity contribution in [2.75, 3.05) is 0 Å². The summed E-state index contributed by atoms with van der Waals surface area (Å²) in [4.78, 5) is 0. The maximum atomic E-state index is 8.52. The molecular weight excluding hydrogens is 281 g/mol. The average Bonchev–Trinajstić information content (AvgIpc) is 0.722. The van der Waals surface area contributed by atoms with E-state index >= 15 is 0 Å². The molecule has 0 atom stereocenters. The Morgan fingerprint density at radius 2 is 1.00 bits per heavy atom. The van der Waals surface area contributed by atoms with E-state index in [0.717, 1.165) is 0 Å². The maximum absolute atomic E-state index is 8.52. The first-order chi connectivity index (χ1) is 2.00. The zero-order chi connectivity index (χ0) is 4.50. The largest absolute Gasteiger partial charge is 2.00 e. The molecule has 0 rings (SSSR count). The first-order valence-corrected chi connectivity index (χ1v) is 2.00. The van der Waals surface area contributed by atoms with Crippen LogP contribution in [0.15, 0.2) is 0 Å². The Morgan fingerprint density at radius 1 is 1.00 bits per heavy atom. The van der Waals surface area contributed by atoms with E-state index < -0.39 is 10.4 Å². The van der Waals surface area contributed by atoms with Crippen LogP contribution in [0.1, 0.15) is 0 Å². The van der Waals surface area contributed by atoms with Crippen molar-refractivity contribution in [3.8, 4) is 0 Å². The van der Waals surface area contributed by atoms with E-state index in [4.69, 9.17) is 17.5 Å². The van der Waals surface area contributed by atoms with Crippen LogP contribution in [0.3, 0.4) is 0 Å². The molecule has 9 heteroatoms. The molecular formula is Cl2CoMnO4S. The third-order valence-corrected chi connectivity index (χ3v) is 0. The van der Waals surface area contributed by atoms with Gasteiger partial charge in [0.05, 0.1) is 0 Å². The molecule has 0 unspecified atom stereocenters. The first kappa shape index (κ1) is 31.4. The summed E-state index contributed by atoms with van der Waals surface area (Å²) in [5.41, 5.74) is 0. The molecule has 0 saturated heterocycles. The van der Waals surface area contributed by atoms with E-state index in [0.29, 0.717) is 0 Å². The minimum atomic E-state index is -5.17. The summed E-state index contributed by atoms with van der Waals surface area (Å²) in [7, 11) is -5.17. The summed E-state index contributed by atoms with van der Waals surface area (Å²) in [5, 5.41) is 0. The summed E-state index contributed by atoms with van der Waals surface area (Å²) in [5.74, 6) is 0. The van der Waals surface area contributed by atoms with Crippen LogP contribution in [0.4, 0.5) is 0 Å². The Morgan fingerprint density at radius 3 is 1.00 bits per heavy atom. The van der Waals surface area contributed by atoms with E-state index in [2.05, 4.69) is 0 Å². The van der Waals surface area contributed by atoms with Crippen LogP contribution < -0.4 is 24.8 Å². The molecule has 4 nitrogen and oxygen atoms in total. The predicted octanol–water partition coefficient (Wildman–Crippen LogP) is -7.34. The fraction of sp³-hybridized carbons (Fsp3) is 0. The van der Waals surface area contributed by atoms with Gasteiger partial charge in [-0.3, -0.25) is 8.42 Å². The van der Waals surface area contributed by atoms with Gasteiger partial charge in [0.1, 0.15) is 0 Å². The third kappa shape index (κ3) is 243. The molecule has 0 saturated carbocycles. The molecule has 0 amide bonds. The van der Waals surface area contributed by atoms with Crippen molar-refractivity contribution in [2.45, 2.75) is 0 Å². The van der Waals surface area contributed by atoms with Gasteiger partial charge < -0.3 is 33.9 Å². The van der Waals surface area contributed by atoms with E-state index in [9.17, 15) is 0 Å². The molecule has 0 aliphatic heterocycles. The normalized spacial score (nSPS) is 6.44. The van der Waals surface area contributed by atoms with Crippen LogP contribution in [0.2, 0.25) is 0 Å². The maximum Gasteiger partial charge on any atom is 2.00 e. The molecule has 0 spiro atoms. The molecule has 0 fully saturated rings. The molecule has 0 aromatic heterocycles. The van der Waals surface area contributed by atoms with E-state index in [1.54, 1.807) is 0 Å². The zero-order valence-electron chi connectivity index (χ0n) is 3.51. The SMILES string of the molecule is O=S(=O)([O-])[O-].[Cl-].[Cl-].[Co+2].[Mn+2]. The second kappa shape index (κ2) is 12.2. The molecule has 0 aliphatic carbocycles. The molecule has 9 heavy (non-hydrogen) atoms. The average molecular weight is 281 g/mol. The van der Waals surface area contributed by atoms with Gasteiger partial charge in [0, 0.05) is 10.4 Å². The van der Waals surface area contributed by atoms with E-state index in [1.165, 1.54) is 0 Å². The zero-order valence-corrected chi connectivity index (χ0v) is 8.06.